The summed E-state index contributed by atoms with van der Waals surface area (Å²) < 4.78 is 7.21. The van der Waals surface area contributed by atoms with Gasteiger partial charge in [0.25, 0.3) is 5.56 Å². The Morgan fingerprint density at radius 2 is 2.08 bits per heavy atom. The number of aromatic nitrogens is 1. The van der Waals surface area contributed by atoms with Crippen LogP contribution in [0.25, 0.3) is 0 Å². The van der Waals surface area contributed by atoms with Crippen LogP contribution in [-0.4, -0.2) is 60.7 Å². The zero-order chi connectivity index (χ0) is 17.3. The van der Waals surface area contributed by atoms with Crippen LogP contribution in [0.2, 0.25) is 0 Å². The van der Waals surface area contributed by atoms with Crippen molar-refractivity contribution >= 4 is 5.91 Å². The van der Waals surface area contributed by atoms with Gasteiger partial charge in [0.2, 0.25) is 5.91 Å². The van der Waals surface area contributed by atoms with Gasteiger partial charge in [-0.1, -0.05) is 6.07 Å². The van der Waals surface area contributed by atoms with Crippen molar-refractivity contribution in [2.75, 3.05) is 40.4 Å². The first-order chi connectivity index (χ1) is 11.5. The van der Waals surface area contributed by atoms with Crippen LogP contribution in [0.3, 0.4) is 0 Å². The molecule has 0 unspecified atom stereocenters. The van der Waals surface area contributed by atoms with Crippen molar-refractivity contribution in [3.05, 3.63) is 33.7 Å². The number of rotatable bonds is 5. The van der Waals surface area contributed by atoms with Crippen molar-refractivity contribution in [1.29, 1.82) is 0 Å². The van der Waals surface area contributed by atoms with E-state index < -0.39 is 0 Å². The minimum Gasteiger partial charge on any atom is -0.372 e. The molecule has 0 saturated carbocycles. The zero-order valence-electron chi connectivity index (χ0n) is 14.8. The van der Waals surface area contributed by atoms with E-state index in [1.54, 1.807) is 0 Å². The molecule has 0 N–H and O–H groups in total. The molecule has 2 aliphatic rings. The molecular weight excluding hydrogens is 306 g/mol. The van der Waals surface area contributed by atoms with Gasteiger partial charge in [0.1, 0.15) is 6.61 Å². The number of ether oxygens (including phenoxy) is 1. The quantitative estimate of drug-likeness (QED) is 0.803. The van der Waals surface area contributed by atoms with E-state index in [1.807, 2.05) is 41.5 Å². The van der Waals surface area contributed by atoms with Gasteiger partial charge in [0.15, 0.2) is 0 Å². The van der Waals surface area contributed by atoms with Crippen molar-refractivity contribution in [3.63, 3.8) is 0 Å². The second kappa shape index (κ2) is 7.07. The van der Waals surface area contributed by atoms with Crippen LogP contribution >= 0.6 is 0 Å². The lowest BCUT2D eigenvalue weighted by molar-refractivity contribution is -0.138. The van der Waals surface area contributed by atoms with E-state index in [2.05, 4.69) is 6.07 Å². The molecule has 132 valence electrons. The number of hydrogen-bond acceptors (Lipinski definition) is 4. The van der Waals surface area contributed by atoms with E-state index in [0.29, 0.717) is 32.2 Å². The monoisotopic (exact) mass is 333 g/mol. The molecule has 6 heteroatoms. The third kappa shape index (κ3) is 3.39. The lowest BCUT2D eigenvalue weighted by Crippen LogP contribution is -2.50. The molecule has 0 aromatic carbocycles. The maximum absolute atomic E-state index is 12.8. The molecule has 0 spiro atoms. The predicted octanol–water partition coefficient (Wildman–Crippen LogP) is 0.892. The molecule has 3 heterocycles. The number of nitrogens with zero attached hydrogens (tertiary/aromatic N) is 3. The number of carbonyl (C=O) groups is 1. The number of carbonyl (C=O) groups excluding carboxylic acids is 1. The van der Waals surface area contributed by atoms with Gasteiger partial charge in [0, 0.05) is 50.0 Å². The second-order valence-electron chi connectivity index (χ2n) is 7.17. The molecule has 2 aliphatic heterocycles. The minimum absolute atomic E-state index is 0.0616. The van der Waals surface area contributed by atoms with E-state index in [9.17, 15) is 9.59 Å². The normalized spacial score (nSPS) is 22.6. The van der Waals surface area contributed by atoms with Crippen molar-refractivity contribution in [2.24, 2.45) is 5.92 Å². The molecule has 24 heavy (non-hydrogen) atoms. The summed E-state index contributed by atoms with van der Waals surface area (Å²) >= 11 is 0. The van der Waals surface area contributed by atoms with Gasteiger partial charge in [-0.05, 0) is 39.4 Å². The van der Waals surface area contributed by atoms with E-state index >= 15 is 0 Å². The van der Waals surface area contributed by atoms with E-state index in [0.717, 1.165) is 24.2 Å². The third-order valence-corrected chi connectivity index (χ3v) is 4.95. The molecule has 2 atom stereocenters. The molecule has 0 aliphatic carbocycles. The summed E-state index contributed by atoms with van der Waals surface area (Å²) in [5.41, 5.74) is 2.05. The highest BCUT2D eigenvalue weighted by atomic mass is 16.5. The highest BCUT2D eigenvalue weighted by Crippen LogP contribution is 2.35. The number of amides is 1. The molecule has 1 saturated heterocycles. The highest BCUT2D eigenvalue weighted by Gasteiger charge is 2.36. The summed E-state index contributed by atoms with van der Waals surface area (Å²) in [6.45, 7) is 5.40. The van der Waals surface area contributed by atoms with Gasteiger partial charge >= 0.3 is 0 Å². The first-order valence-corrected chi connectivity index (χ1v) is 8.72. The fourth-order valence-corrected chi connectivity index (χ4v) is 3.94. The topological polar surface area (TPSA) is 54.8 Å². The Balaban J connectivity index is 1.82. The van der Waals surface area contributed by atoms with Crippen LogP contribution in [0.4, 0.5) is 0 Å². The summed E-state index contributed by atoms with van der Waals surface area (Å²) in [5.74, 6) is 0.671. The van der Waals surface area contributed by atoms with Crippen LogP contribution in [0.1, 0.15) is 30.5 Å². The van der Waals surface area contributed by atoms with Crippen LogP contribution in [0, 0.1) is 5.92 Å². The first-order valence-electron chi connectivity index (χ1n) is 8.72. The Morgan fingerprint density at radius 1 is 1.29 bits per heavy atom. The molecule has 0 radical (unpaired) electrons. The summed E-state index contributed by atoms with van der Waals surface area (Å²) in [5, 5.41) is 0. The number of hydrogen-bond donors (Lipinski definition) is 0. The standard InChI is InChI=1S/C18H27N3O3/c1-4-24-12-17(22)20-8-13-7-15(11-20)16-6-5-14(10-19(2)3)18(23)21(16)9-13/h5-6,13,15H,4,7-12H2,1-3H3/t13-,15+/m0/s1. The lowest BCUT2D eigenvalue weighted by Gasteiger charge is -2.43. The average molecular weight is 333 g/mol. The maximum atomic E-state index is 12.8. The summed E-state index contributed by atoms with van der Waals surface area (Å²) in [6, 6.07) is 4.03. The molecule has 1 fully saturated rings. The zero-order valence-corrected chi connectivity index (χ0v) is 14.8. The Bertz CT molecular complexity index is 668. The van der Waals surface area contributed by atoms with E-state index in [4.69, 9.17) is 4.74 Å². The third-order valence-electron chi connectivity index (χ3n) is 4.95. The fourth-order valence-electron chi connectivity index (χ4n) is 3.94. The number of fused-ring (bicyclic) bond motifs is 4. The number of piperidine rings is 1. The van der Waals surface area contributed by atoms with Gasteiger partial charge in [-0.25, -0.2) is 0 Å². The highest BCUT2D eigenvalue weighted by molar-refractivity contribution is 5.77. The van der Waals surface area contributed by atoms with Gasteiger partial charge in [-0.15, -0.1) is 0 Å². The largest absolute Gasteiger partial charge is 0.372 e. The van der Waals surface area contributed by atoms with Crippen molar-refractivity contribution in [3.8, 4) is 0 Å². The van der Waals surface area contributed by atoms with Crippen LogP contribution in [0.15, 0.2) is 16.9 Å². The Hall–Kier alpha value is -1.66. The van der Waals surface area contributed by atoms with Gasteiger partial charge in [-0.2, -0.15) is 0 Å². The SMILES string of the molecule is CCOCC(=O)N1C[C@@H]2C[C@H](C1)c1ccc(CN(C)C)c(=O)n1C2. The van der Waals surface area contributed by atoms with Crippen LogP contribution in [0.5, 0.6) is 0 Å². The summed E-state index contributed by atoms with van der Waals surface area (Å²) in [7, 11) is 3.94. The number of pyridine rings is 1. The van der Waals surface area contributed by atoms with Gasteiger partial charge in [-0.3, -0.25) is 9.59 Å². The van der Waals surface area contributed by atoms with Crippen molar-refractivity contribution < 1.29 is 9.53 Å². The average Bonchev–Trinajstić information content (AvgIpc) is 2.55. The molecule has 1 aromatic rings. The summed E-state index contributed by atoms with van der Waals surface area (Å²) in [4.78, 5) is 29.0. The molecule has 6 nitrogen and oxygen atoms in total. The molecule has 1 aromatic heterocycles. The lowest BCUT2D eigenvalue weighted by atomic mass is 9.83. The Kier molecular flexibility index (Phi) is 5.06. The van der Waals surface area contributed by atoms with Gasteiger partial charge < -0.3 is 19.1 Å². The molecule has 2 bridgehead atoms. The van der Waals surface area contributed by atoms with Crippen molar-refractivity contribution in [1.82, 2.24) is 14.4 Å². The Labute approximate surface area is 143 Å². The molecule has 1 amide bonds. The molecular formula is C18H27N3O3. The minimum atomic E-state index is 0.0616. The van der Waals surface area contributed by atoms with Crippen molar-refractivity contribution in [2.45, 2.75) is 32.4 Å². The fraction of sp³-hybridized carbons (Fsp3) is 0.667. The second-order valence-corrected chi connectivity index (χ2v) is 7.17. The van der Waals surface area contributed by atoms with Crippen LogP contribution < -0.4 is 5.56 Å². The van der Waals surface area contributed by atoms with E-state index in [1.165, 1.54) is 0 Å². The maximum Gasteiger partial charge on any atom is 0.255 e. The predicted molar refractivity (Wildman–Crippen MR) is 92.0 cm³/mol. The first kappa shape index (κ1) is 17.2. The molecule has 3 rings (SSSR count). The van der Waals surface area contributed by atoms with Crippen LogP contribution in [-0.2, 0) is 22.6 Å². The van der Waals surface area contributed by atoms with E-state index in [-0.39, 0.29) is 24.0 Å². The Morgan fingerprint density at radius 3 is 2.79 bits per heavy atom. The number of likely N-dealkylation sites (tertiary alicyclic amines) is 1. The summed E-state index contributed by atoms with van der Waals surface area (Å²) in [6.07, 6.45) is 1.06. The smallest absolute Gasteiger partial charge is 0.255 e. The van der Waals surface area contributed by atoms with Gasteiger partial charge in [0.05, 0.1) is 0 Å².